The van der Waals surface area contributed by atoms with Gasteiger partial charge in [0.1, 0.15) is 17.0 Å². The van der Waals surface area contributed by atoms with E-state index in [1.807, 2.05) is 12.1 Å². The van der Waals surface area contributed by atoms with Gasteiger partial charge in [-0.15, -0.1) is 0 Å². The fraction of sp³-hybridized carbons (Fsp3) is 0.0870. The lowest BCUT2D eigenvalue weighted by Gasteiger charge is -2.11. The third-order valence-electron chi connectivity index (χ3n) is 4.58. The van der Waals surface area contributed by atoms with Gasteiger partial charge in [0.15, 0.2) is 10.7 Å². The largest absolute Gasteiger partial charge is 0.497 e. The maximum atomic E-state index is 12.6. The van der Waals surface area contributed by atoms with E-state index in [2.05, 4.69) is 15.6 Å². The number of nitrogens with zero attached hydrogens (tertiary/aromatic N) is 1. The molecule has 1 heterocycles. The number of carbonyl (C=O) groups excluding carboxylic acids is 1. The number of fused-ring (bicyclic) bond motifs is 1. The molecule has 0 unspecified atom stereocenters. The number of hydrogen-bond acceptors (Lipinski definition) is 6. The maximum absolute atomic E-state index is 12.6. The molecule has 2 N–H and O–H groups in total. The van der Waals surface area contributed by atoms with Crippen LogP contribution >= 0.6 is 23.8 Å². The summed E-state index contributed by atoms with van der Waals surface area (Å²) < 4.78 is 16.2. The van der Waals surface area contributed by atoms with E-state index < -0.39 is 5.91 Å². The van der Waals surface area contributed by atoms with Gasteiger partial charge in [-0.1, -0.05) is 11.6 Å². The van der Waals surface area contributed by atoms with Crippen molar-refractivity contribution in [3.63, 3.8) is 0 Å². The normalized spacial score (nSPS) is 10.6. The standard InChI is InChI=1S/C23H18ClN3O4S/c1-29-17-9-14(10-18(12-17)30-2)21(28)27-23(32)25-16-7-8-20-19(11-16)26-22(31-20)13-3-5-15(24)6-4-13/h3-12H,1-2H3,(H2,25,27,28,32). The van der Waals surface area contributed by atoms with E-state index >= 15 is 0 Å². The Labute approximate surface area is 194 Å². The quantitative estimate of drug-likeness (QED) is 0.385. The lowest BCUT2D eigenvalue weighted by atomic mass is 10.2. The number of hydrogen-bond donors (Lipinski definition) is 2. The highest BCUT2D eigenvalue weighted by atomic mass is 35.5. The van der Waals surface area contributed by atoms with Gasteiger partial charge in [0.2, 0.25) is 5.89 Å². The highest BCUT2D eigenvalue weighted by molar-refractivity contribution is 7.80. The molecular weight excluding hydrogens is 450 g/mol. The molecule has 0 fully saturated rings. The van der Waals surface area contributed by atoms with Crippen LogP contribution in [0.3, 0.4) is 0 Å². The van der Waals surface area contributed by atoms with Crippen molar-refractivity contribution in [1.29, 1.82) is 0 Å². The van der Waals surface area contributed by atoms with Crippen molar-refractivity contribution in [2.75, 3.05) is 19.5 Å². The third-order valence-corrected chi connectivity index (χ3v) is 5.03. The number of rotatable bonds is 5. The number of carbonyl (C=O) groups is 1. The van der Waals surface area contributed by atoms with Crippen LogP contribution in [0.2, 0.25) is 5.02 Å². The van der Waals surface area contributed by atoms with Crippen LogP contribution in [0.1, 0.15) is 10.4 Å². The summed E-state index contributed by atoms with van der Waals surface area (Å²) in [4.78, 5) is 17.1. The molecule has 0 aliphatic carbocycles. The van der Waals surface area contributed by atoms with Crippen molar-refractivity contribution in [2.24, 2.45) is 0 Å². The van der Waals surface area contributed by atoms with Crippen LogP contribution < -0.4 is 20.1 Å². The zero-order chi connectivity index (χ0) is 22.7. The Bertz CT molecular complexity index is 1280. The van der Waals surface area contributed by atoms with E-state index in [1.54, 1.807) is 48.5 Å². The molecule has 0 radical (unpaired) electrons. The van der Waals surface area contributed by atoms with Gasteiger partial charge in [-0.2, -0.15) is 0 Å². The van der Waals surface area contributed by atoms with Crippen molar-refractivity contribution in [2.45, 2.75) is 0 Å². The molecular formula is C23H18ClN3O4S. The summed E-state index contributed by atoms with van der Waals surface area (Å²) in [5, 5.41) is 6.41. The lowest BCUT2D eigenvalue weighted by Crippen LogP contribution is -2.34. The molecule has 0 bridgehead atoms. The van der Waals surface area contributed by atoms with Crippen LogP contribution in [0.5, 0.6) is 11.5 Å². The van der Waals surface area contributed by atoms with Crippen LogP contribution in [-0.4, -0.2) is 30.2 Å². The van der Waals surface area contributed by atoms with Gasteiger partial charge in [-0.25, -0.2) is 4.98 Å². The van der Waals surface area contributed by atoms with Gasteiger partial charge >= 0.3 is 0 Å². The second-order valence-electron chi connectivity index (χ2n) is 6.72. The summed E-state index contributed by atoms with van der Waals surface area (Å²) in [5.74, 6) is 1.09. The number of oxazole rings is 1. The smallest absolute Gasteiger partial charge is 0.257 e. The highest BCUT2D eigenvalue weighted by Crippen LogP contribution is 2.27. The molecule has 162 valence electrons. The Morgan fingerprint density at radius 1 is 1.00 bits per heavy atom. The molecule has 9 heteroatoms. The van der Waals surface area contributed by atoms with E-state index in [0.29, 0.717) is 44.8 Å². The zero-order valence-corrected chi connectivity index (χ0v) is 18.7. The Balaban J connectivity index is 1.47. The minimum absolute atomic E-state index is 0.137. The van der Waals surface area contributed by atoms with E-state index in [9.17, 15) is 4.79 Å². The summed E-state index contributed by atoms with van der Waals surface area (Å²) in [6, 6.07) is 17.4. The Morgan fingerprint density at radius 3 is 2.34 bits per heavy atom. The highest BCUT2D eigenvalue weighted by Gasteiger charge is 2.13. The van der Waals surface area contributed by atoms with Crippen LogP contribution in [0.15, 0.2) is 65.1 Å². The molecule has 4 aromatic rings. The molecule has 0 saturated carbocycles. The number of anilines is 1. The van der Waals surface area contributed by atoms with Gasteiger partial charge in [0.25, 0.3) is 5.91 Å². The van der Waals surface area contributed by atoms with Crippen LogP contribution in [-0.2, 0) is 0 Å². The predicted molar refractivity (Wildman–Crippen MR) is 128 cm³/mol. The zero-order valence-electron chi connectivity index (χ0n) is 17.1. The maximum Gasteiger partial charge on any atom is 0.257 e. The minimum Gasteiger partial charge on any atom is -0.497 e. The summed E-state index contributed by atoms with van der Waals surface area (Å²) in [6.45, 7) is 0. The Kier molecular flexibility index (Phi) is 6.25. The van der Waals surface area contributed by atoms with Gasteiger partial charge in [-0.3, -0.25) is 10.1 Å². The van der Waals surface area contributed by atoms with Crippen molar-refractivity contribution in [1.82, 2.24) is 10.3 Å². The lowest BCUT2D eigenvalue weighted by molar-refractivity contribution is 0.0977. The molecule has 0 aliphatic rings. The third kappa shape index (κ3) is 4.82. The van der Waals surface area contributed by atoms with Crippen LogP contribution in [0.25, 0.3) is 22.6 Å². The second kappa shape index (κ2) is 9.25. The SMILES string of the molecule is COc1cc(OC)cc(C(=O)NC(=S)Nc2ccc3oc(-c4ccc(Cl)cc4)nc3c2)c1. The summed E-state index contributed by atoms with van der Waals surface area (Å²) in [7, 11) is 3.03. The average Bonchev–Trinajstić information content (AvgIpc) is 3.22. The molecule has 4 rings (SSSR count). The van der Waals surface area contributed by atoms with Crippen molar-refractivity contribution in [3.05, 3.63) is 71.2 Å². The number of benzene rings is 3. The average molecular weight is 468 g/mol. The number of aromatic nitrogens is 1. The first-order valence-electron chi connectivity index (χ1n) is 9.47. The predicted octanol–water partition coefficient (Wildman–Crippen LogP) is 5.29. The minimum atomic E-state index is -0.396. The molecule has 0 aliphatic heterocycles. The Hall–Kier alpha value is -3.62. The van der Waals surface area contributed by atoms with E-state index in [0.717, 1.165) is 5.56 Å². The molecule has 32 heavy (non-hydrogen) atoms. The number of nitrogens with one attached hydrogen (secondary N) is 2. The summed E-state index contributed by atoms with van der Waals surface area (Å²) in [6.07, 6.45) is 0. The van der Waals surface area contributed by atoms with Crippen molar-refractivity contribution >= 4 is 51.6 Å². The molecule has 1 aromatic heterocycles. The van der Waals surface area contributed by atoms with Gasteiger partial charge in [0, 0.05) is 27.9 Å². The van der Waals surface area contributed by atoms with E-state index in [1.165, 1.54) is 14.2 Å². The topological polar surface area (TPSA) is 85.6 Å². The fourth-order valence-electron chi connectivity index (χ4n) is 3.00. The van der Waals surface area contributed by atoms with Crippen LogP contribution in [0, 0.1) is 0 Å². The molecule has 0 saturated heterocycles. The molecule has 0 spiro atoms. The summed E-state index contributed by atoms with van der Waals surface area (Å²) >= 11 is 11.2. The number of thiocarbonyl (C=S) groups is 1. The Morgan fingerprint density at radius 2 is 1.69 bits per heavy atom. The first-order valence-corrected chi connectivity index (χ1v) is 10.3. The first-order chi connectivity index (χ1) is 15.4. The molecule has 7 nitrogen and oxygen atoms in total. The number of ether oxygens (including phenoxy) is 2. The number of halogens is 1. The fourth-order valence-corrected chi connectivity index (χ4v) is 3.33. The van der Waals surface area contributed by atoms with Gasteiger partial charge in [-0.05, 0) is 66.8 Å². The monoisotopic (exact) mass is 467 g/mol. The van der Waals surface area contributed by atoms with Crippen molar-refractivity contribution in [3.8, 4) is 23.0 Å². The first kappa shape index (κ1) is 21.6. The van der Waals surface area contributed by atoms with Crippen LogP contribution in [0.4, 0.5) is 5.69 Å². The van der Waals surface area contributed by atoms with E-state index in [4.69, 9.17) is 37.7 Å². The second-order valence-corrected chi connectivity index (χ2v) is 7.56. The molecule has 0 atom stereocenters. The molecule has 3 aromatic carbocycles. The molecule has 1 amide bonds. The van der Waals surface area contributed by atoms with E-state index in [-0.39, 0.29) is 5.11 Å². The van der Waals surface area contributed by atoms with Gasteiger partial charge < -0.3 is 19.2 Å². The number of amides is 1. The van der Waals surface area contributed by atoms with Crippen molar-refractivity contribution < 1.29 is 18.7 Å². The summed E-state index contributed by atoms with van der Waals surface area (Å²) in [5.41, 5.74) is 3.09. The van der Waals surface area contributed by atoms with Gasteiger partial charge in [0.05, 0.1) is 14.2 Å². The number of methoxy groups -OCH3 is 2.